The second-order valence-corrected chi connectivity index (χ2v) is 7.79. The van der Waals surface area contributed by atoms with Crippen LogP contribution < -0.4 is 0 Å². The molecule has 0 aliphatic heterocycles. The summed E-state index contributed by atoms with van der Waals surface area (Å²) in [5.74, 6) is 2.37. The lowest BCUT2D eigenvalue weighted by Gasteiger charge is -2.13. The molecule has 2 aromatic heterocycles. The van der Waals surface area contributed by atoms with E-state index >= 15 is 0 Å². The highest BCUT2D eigenvalue weighted by atomic mass is 32.2. The summed E-state index contributed by atoms with van der Waals surface area (Å²) in [6.45, 7) is 2.02. The molecule has 2 aromatic rings. The molecule has 0 amide bonds. The first-order valence-electron chi connectivity index (χ1n) is 6.74. The summed E-state index contributed by atoms with van der Waals surface area (Å²) in [5, 5.41) is 11.1. The summed E-state index contributed by atoms with van der Waals surface area (Å²) < 4.78 is 39.9. The van der Waals surface area contributed by atoms with Crippen LogP contribution in [0, 0.1) is 11.3 Å². The number of halogens is 3. The van der Waals surface area contributed by atoms with Gasteiger partial charge in [0.1, 0.15) is 11.1 Å². The monoisotopic (exact) mass is 374 g/mol. The fourth-order valence-electron chi connectivity index (χ4n) is 1.85. The van der Waals surface area contributed by atoms with Gasteiger partial charge in [-0.3, -0.25) is 0 Å². The fourth-order valence-corrected chi connectivity index (χ4v) is 4.29. The second kappa shape index (κ2) is 8.08. The summed E-state index contributed by atoms with van der Waals surface area (Å²) in [6.07, 6.45) is -4.58. The molecule has 0 saturated carbocycles. The van der Waals surface area contributed by atoms with Crippen molar-refractivity contribution in [2.24, 2.45) is 0 Å². The van der Waals surface area contributed by atoms with Crippen molar-refractivity contribution in [2.45, 2.75) is 18.1 Å². The van der Waals surface area contributed by atoms with E-state index in [1.807, 2.05) is 6.92 Å². The number of thioether (sulfide) groups is 2. The maximum atomic E-state index is 13.3. The molecule has 23 heavy (non-hydrogen) atoms. The summed E-state index contributed by atoms with van der Waals surface area (Å²) in [4.78, 5) is 4.96. The Kier molecular flexibility index (Phi) is 6.39. The highest BCUT2D eigenvalue weighted by Crippen LogP contribution is 2.38. The van der Waals surface area contributed by atoms with Crippen LogP contribution in [0.1, 0.15) is 18.1 Å². The lowest BCUT2D eigenvalue weighted by Crippen LogP contribution is -2.10. The van der Waals surface area contributed by atoms with E-state index < -0.39 is 11.7 Å². The minimum absolute atomic E-state index is 0.155. The average molecular weight is 374 g/mol. The van der Waals surface area contributed by atoms with Gasteiger partial charge in [-0.1, -0.05) is 13.0 Å². The van der Waals surface area contributed by atoms with Crippen molar-refractivity contribution in [1.29, 1.82) is 5.26 Å². The first kappa shape index (κ1) is 18.2. The molecule has 0 atom stereocenters. The van der Waals surface area contributed by atoms with E-state index in [0.29, 0.717) is 10.6 Å². The van der Waals surface area contributed by atoms with Gasteiger partial charge in [-0.05, 0) is 23.3 Å². The molecule has 0 unspecified atom stereocenters. The van der Waals surface area contributed by atoms with Gasteiger partial charge in [0.15, 0.2) is 0 Å². The second-order valence-electron chi connectivity index (χ2n) is 4.37. The summed E-state index contributed by atoms with van der Waals surface area (Å²) in [7, 11) is 0. The Balaban J connectivity index is 2.45. The Bertz CT molecular complexity index is 691. The molecule has 8 heteroatoms. The number of hydrogen-bond acceptors (Lipinski definition) is 5. The number of rotatable bonds is 6. The third kappa shape index (κ3) is 4.66. The van der Waals surface area contributed by atoms with Gasteiger partial charge >= 0.3 is 6.18 Å². The van der Waals surface area contributed by atoms with Gasteiger partial charge in [0.25, 0.3) is 0 Å². The number of hydrogen-bond donors (Lipinski definition) is 0. The Morgan fingerprint density at radius 2 is 2.13 bits per heavy atom. The topological polar surface area (TPSA) is 36.7 Å². The van der Waals surface area contributed by atoms with Crippen molar-refractivity contribution in [3.05, 3.63) is 34.7 Å². The van der Waals surface area contributed by atoms with Gasteiger partial charge in [-0.25, -0.2) is 4.98 Å². The lowest BCUT2D eigenvalue weighted by molar-refractivity contribution is -0.138. The number of aromatic nitrogens is 1. The Morgan fingerprint density at radius 1 is 1.35 bits per heavy atom. The molecular formula is C15H13F3N2S3. The van der Waals surface area contributed by atoms with Gasteiger partial charge in [-0.2, -0.15) is 30.2 Å². The zero-order valence-corrected chi connectivity index (χ0v) is 14.6. The van der Waals surface area contributed by atoms with Crippen LogP contribution in [0.15, 0.2) is 28.6 Å². The molecule has 2 nitrogen and oxygen atoms in total. The summed E-state index contributed by atoms with van der Waals surface area (Å²) in [6, 6.07) is 6.13. The Hall–Kier alpha value is -1.17. The number of nitriles is 1. The van der Waals surface area contributed by atoms with Crippen LogP contribution in [0.3, 0.4) is 0 Å². The summed E-state index contributed by atoms with van der Waals surface area (Å²) >= 11 is 4.23. The first-order valence-corrected chi connectivity index (χ1v) is 9.76. The number of thiophene rings is 1. The van der Waals surface area contributed by atoms with Gasteiger partial charge in [0.2, 0.25) is 0 Å². The number of nitrogens with zero attached hydrogens (tertiary/aromatic N) is 2. The van der Waals surface area contributed by atoms with E-state index in [1.165, 1.54) is 23.1 Å². The number of pyridine rings is 1. The zero-order valence-electron chi connectivity index (χ0n) is 12.2. The fraction of sp³-hybridized carbons (Fsp3) is 0.333. The molecule has 0 aliphatic carbocycles. The van der Waals surface area contributed by atoms with Gasteiger partial charge < -0.3 is 0 Å². The highest BCUT2D eigenvalue weighted by Gasteiger charge is 2.36. The molecule has 0 bridgehead atoms. The van der Waals surface area contributed by atoms with E-state index in [2.05, 4.69) is 4.98 Å². The molecule has 0 N–H and O–H groups in total. The number of alkyl halides is 3. The summed E-state index contributed by atoms with van der Waals surface area (Å²) in [5.41, 5.74) is -1.04. The van der Waals surface area contributed by atoms with E-state index in [-0.39, 0.29) is 16.3 Å². The Labute approximate surface area is 145 Å². The molecule has 0 fully saturated rings. The molecule has 0 radical (unpaired) electrons. The molecule has 2 rings (SSSR count). The van der Waals surface area contributed by atoms with Crippen LogP contribution in [0.2, 0.25) is 0 Å². The molecule has 2 heterocycles. The van der Waals surface area contributed by atoms with E-state index in [1.54, 1.807) is 35.3 Å². The molecular weight excluding hydrogens is 361 g/mol. The third-order valence-electron chi connectivity index (χ3n) is 2.85. The minimum Gasteiger partial charge on any atom is -0.239 e. The van der Waals surface area contributed by atoms with Crippen molar-refractivity contribution in [2.75, 3.05) is 17.3 Å². The van der Waals surface area contributed by atoms with E-state index in [9.17, 15) is 18.4 Å². The van der Waals surface area contributed by atoms with Crippen molar-refractivity contribution in [1.82, 2.24) is 4.98 Å². The lowest BCUT2D eigenvalue weighted by atomic mass is 10.1. The predicted molar refractivity (Wildman–Crippen MR) is 91.0 cm³/mol. The molecule has 0 aromatic carbocycles. The average Bonchev–Trinajstić information content (AvgIpc) is 3.04. The standard InChI is InChI=1S/C15H13F3N2S3/c1-2-21-6-7-23-14-10(9-19)11(15(16,17)18)8-12(20-14)13-4-3-5-22-13/h3-5,8H,2,6-7H2,1H3. The van der Waals surface area contributed by atoms with E-state index in [0.717, 1.165) is 17.6 Å². The minimum atomic E-state index is -4.58. The SMILES string of the molecule is CCSCCSc1nc(-c2cccs2)cc(C(F)(F)F)c1C#N. The van der Waals surface area contributed by atoms with Gasteiger partial charge in [-0.15, -0.1) is 23.1 Å². The van der Waals surface area contributed by atoms with Crippen molar-refractivity contribution in [3.63, 3.8) is 0 Å². The normalized spacial score (nSPS) is 11.4. The first-order chi connectivity index (χ1) is 11.0. The molecule has 0 saturated heterocycles. The molecule has 0 aliphatic rings. The quantitative estimate of drug-likeness (QED) is 0.491. The maximum Gasteiger partial charge on any atom is 0.417 e. The Morgan fingerprint density at radius 3 is 2.70 bits per heavy atom. The van der Waals surface area contributed by atoms with Crippen molar-refractivity contribution >= 4 is 34.9 Å². The molecule has 0 spiro atoms. The van der Waals surface area contributed by atoms with Gasteiger partial charge in [0.05, 0.1) is 21.7 Å². The predicted octanol–water partition coefficient (Wildman–Crippen LogP) is 5.55. The maximum absolute atomic E-state index is 13.3. The highest BCUT2D eigenvalue weighted by molar-refractivity contribution is 8.02. The van der Waals surface area contributed by atoms with Crippen LogP contribution in [0.4, 0.5) is 13.2 Å². The van der Waals surface area contributed by atoms with E-state index in [4.69, 9.17) is 0 Å². The van der Waals surface area contributed by atoms with Crippen LogP contribution in [-0.4, -0.2) is 22.2 Å². The van der Waals surface area contributed by atoms with Crippen LogP contribution in [0.25, 0.3) is 10.6 Å². The van der Waals surface area contributed by atoms with Crippen LogP contribution in [0.5, 0.6) is 0 Å². The van der Waals surface area contributed by atoms with Crippen molar-refractivity contribution in [3.8, 4) is 16.6 Å². The molecule has 122 valence electrons. The third-order valence-corrected chi connectivity index (χ3v) is 5.88. The van der Waals surface area contributed by atoms with Crippen LogP contribution in [-0.2, 0) is 6.18 Å². The zero-order chi connectivity index (χ0) is 16.9. The van der Waals surface area contributed by atoms with Crippen molar-refractivity contribution < 1.29 is 13.2 Å². The van der Waals surface area contributed by atoms with Gasteiger partial charge in [0, 0.05) is 11.5 Å². The smallest absolute Gasteiger partial charge is 0.239 e. The largest absolute Gasteiger partial charge is 0.417 e. The van der Waals surface area contributed by atoms with Crippen LogP contribution >= 0.6 is 34.9 Å².